The second kappa shape index (κ2) is 12.8. The van der Waals surface area contributed by atoms with E-state index in [4.69, 9.17) is 19.2 Å². The molecule has 0 amide bonds. The molecule has 0 saturated heterocycles. The molecular formula is C37H35NO3. The monoisotopic (exact) mass is 541 g/mol. The van der Waals surface area contributed by atoms with Crippen molar-refractivity contribution in [3.8, 4) is 11.5 Å². The summed E-state index contributed by atoms with van der Waals surface area (Å²) in [5.41, 5.74) is 4.25. The summed E-state index contributed by atoms with van der Waals surface area (Å²) >= 11 is 0. The molecule has 1 aliphatic carbocycles. The van der Waals surface area contributed by atoms with Crippen LogP contribution in [0.4, 0.5) is 0 Å². The number of nitrogens with zero attached hydrogens (tertiary/aromatic N) is 1. The maximum absolute atomic E-state index is 7.01. The van der Waals surface area contributed by atoms with Crippen LogP contribution < -0.4 is 9.47 Å². The van der Waals surface area contributed by atoms with Gasteiger partial charge in [0.05, 0.1) is 24.6 Å². The summed E-state index contributed by atoms with van der Waals surface area (Å²) in [6.45, 7) is 0.747. The molecule has 41 heavy (non-hydrogen) atoms. The Kier molecular flexibility index (Phi) is 8.39. The van der Waals surface area contributed by atoms with Crippen LogP contribution in [0.15, 0.2) is 134 Å². The lowest BCUT2D eigenvalue weighted by molar-refractivity contribution is -0.00159. The van der Waals surface area contributed by atoms with Gasteiger partial charge in [-0.1, -0.05) is 121 Å². The van der Waals surface area contributed by atoms with Crippen molar-refractivity contribution >= 4 is 0 Å². The van der Waals surface area contributed by atoms with Crippen LogP contribution in [0.1, 0.15) is 53.6 Å². The summed E-state index contributed by atoms with van der Waals surface area (Å²) in [5, 5.41) is 0. The summed E-state index contributed by atoms with van der Waals surface area (Å²) in [4.78, 5) is 4.78. The second-order valence-corrected chi connectivity index (χ2v) is 10.5. The lowest BCUT2D eigenvalue weighted by Gasteiger charge is -2.36. The molecule has 206 valence electrons. The van der Waals surface area contributed by atoms with Gasteiger partial charge >= 0.3 is 0 Å². The van der Waals surface area contributed by atoms with E-state index in [1.165, 1.54) is 12.8 Å². The maximum atomic E-state index is 7.01. The first-order valence-electron chi connectivity index (χ1n) is 14.4. The van der Waals surface area contributed by atoms with Gasteiger partial charge in [0.2, 0.25) is 0 Å². The molecule has 4 heteroatoms. The van der Waals surface area contributed by atoms with Crippen molar-refractivity contribution < 1.29 is 14.2 Å². The van der Waals surface area contributed by atoms with Gasteiger partial charge in [0.1, 0.15) is 12.2 Å². The fourth-order valence-corrected chi connectivity index (χ4v) is 5.62. The summed E-state index contributed by atoms with van der Waals surface area (Å²) in [6.07, 6.45) is 6.49. The van der Waals surface area contributed by atoms with Crippen LogP contribution >= 0.6 is 0 Å². The van der Waals surface area contributed by atoms with Crippen LogP contribution in [0.3, 0.4) is 0 Å². The average Bonchev–Trinajstić information content (AvgIpc) is 3.56. The van der Waals surface area contributed by atoms with Gasteiger partial charge in [0.15, 0.2) is 11.5 Å². The Morgan fingerprint density at radius 2 is 1.12 bits per heavy atom. The minimum atomic E-state index is -0.819. The van der Waals surface area contributed by atoms with Crippen molar-refractivity contribution in [2.45, 2.75) is 50.6 Å². The van der Waals surface area contributed by atoms with Gasteiger partial charge in [0.25, 0.3) is 0 Å². The van der Waals surface area contributed by atoms with Crippen molar-refractivity contribution in [2.75, 3.05) is 0 Å². The van der Waals surface area contributed by atoms with Gasteiger partial charge in [0, 0.05) is 6.07 Å². The molecule has 0 unspecified atom stereocenters. The van der Waals surface area contributed by atoms with Gasteiger partial charge in [-0.3, -0.25) is 4.98 Å². The predicted octanol–water partition coefficient (Wildman–Crippen LogP) is 8.49. The molecule has 6 rings (SSSR count). The van der Waals surface area contributed by atoms with Crippen LogP contribution in [0.25, 0.3) is 0 Å². The Labute approximate surface area is 242 Å². The highest BCUT2D eigenvalue weighted by molar-refractivity contribution is 5.47. The average molecular weight is 542 g/mol. The van der Waals surface area contributed by atoms with Crippen LogP contribution in [-0.2, 0) is 23.6 Å². The number of pyridine rings is 1. The molecule has 0 N–H and O–H groups in total. The van der Waals surface area contributed by atoms with Crippen LogP contribution in [0, 0.1) is 0 Å². The van der Waals surface area contributed by atoms with E-state index in [0.717, 1.165) is 46.5 Å². The quantitative estimate of drug-likeness (QED) is 0.157. The van der Waals surface area contributed by atoms with Crippen molar-refractivity contribution in [3.05, 3.63) is 162 Å². The van der Waals surface area contributed by atoms with E-state index >= 15 is 0 Å². The van der Waals surface area contributed by atoms with Crippen molar-refractivity contribution in [2.24, 2.45) is 0 Å². The van der Waals surface area contributed by atoms with E-state index < -0.39 is 5.60 Å². The molecule has 1 fully saturated rings. The predicted molar refractivity (Wildman–Crippen MR) is 162 cm³/mol. The van der Waals surface area contributed by atoms with Crippen LogP contribution in [0.5, 0.6) is 11.5 Å². The number of rotatable bonds is 11. The zero-order valence-corrected chi connectivity index (χ0v) is 23.2. The van der Waals surface area contributed by atoms with Crippen molar-refractivity contribution in [1.82, 2.24) is 4.98 Å². The Bertz CT molecular complexity index is 1410. The third-order valence-corrected chi connectivity index (χ3v) is 7.70. The van der Waals surface area contributed by atoms with E-state index in [0.29, 0.717) is 19.0 Å². The molecule has 0 spiro atoms. The third-order valence-electron chi connectivity index (χ3n) is 7.70. The fourth-order valence-electron chi connectivity index (χ4n) is 5.62. The number of benzene rings is 4. The van der Waals surface area contributed by atoms with Crippen LogP contribution in [0.2, 0.25) is 0 Å². The molecule has 0 bridgehead atoms. The molecule has 0 aliphatic heterocycles. The Hall–Kier alpha value is -4.41. The Morgan fingerprint density at radius 3 is 1.66 bits per heavy atom. The number of hydrogen-bond acceptors (Lipinski definition) is 4. The van der Waals surface area contributed by atoms with Gasteiger partial charge < -0.3 is 14.2 Å². The molecule has 1 saturated carbocycles. The topological polar surface area (TPSA) is 40.6 Å². The second-order valence-electron chi connectivity index (χ2n) is 10.5. The zero-order chi connectivity index (χ0) is 27.7. The van der Waals surface area contributed by atoms with E-state index in [-0.39, 0.29) is 6.10 Å². The van der Waals surface area contributed by atoms with E-state index in [9.17, 15) is 0 Å². The van der Waals surface area contributed by atoms with E-state index in [1.807, 2.05) is 42.5 Å². The van der Waals surface area contributed by atoms with Crippen molar-refractivity contribution in [3.63, 3.8) is 0 Å². The number of ether oxygens (including phenoxy) is 3. The zero-order valence-electron chi connectivity index (χ0n) is 23.2. The van der Waals surface area contributed by atoms with Gasteiger partial charge in [-0.05, 0) is 47.9 Å². The molecule has 4 nitrogen and oxygen atoms in total. The summed E-state index contributed by atoms with van der Waals surface area (Å²) in [6, 6.07) is 43.4. The first kappa shape index (κ1) is 26.8. The van der Waals surface area contributed by atoms with Gasteiger partial charge in [-0.25, -0.2) is 0 Å². The number of hydrogen-bond donors (Lipinski definition) is 0. The lowest BCUT2D eigenvalue weighted by Crippen LogP contribution is -2.33. The largest absolute Gasteiger partial charge is 0.486 e. The number of aromatic nitrogens is 1. The van der Waals surface area contributed by atoms with Gasteiger partial charge in [-0.2, -0.15) is 0 Å². The Balaban J connectivity index is 1.34. The molecule has 1 aromatic heterocycles. The smallest absolute Gasteiger partial charge is 0.179 e. The highest BCUT2D eigenvalue weighted by atomic mass is 16.5. The highest BCUT2D eigenvalue weighted by Gasteiger charge is 2.37. The summed E-state index contributed by atoms with van der Waals surface area (Å²) in [7, 11) is 0. The third kappa shape index (κ3) is 6.18. The minimum absolute atomic E-state index is 0.197. The molecule has 1 heterocycles. The fraction of sp³-hybridized carbons (Fsp3) is 0.216. The minimum Gasteiger partial charge on any atom is -0.486 e. The Morgan fingerprint density at radius 1 is 0.610 bits per heavy atom. The SMILES string of the molecule is c1ccc(COc2cnc(COC(c3ccccc3)(c3ccccc3)c3ccccc3)cc2OC2CCCC2)cc1. The molecule has 0 atom stereocenters. The van der Waals surface area contributed by atoms with E-state index in [1.54, 1.807) is 6.20 Å². The molecule has 1 aliphatic rings. The van der Waals surface area contributed by atoms with Gasteiger partial charge in [-0.15, -0.1) is 0 Å². The molecular weight excluding hydrogens is 506 g/mol. The lowest BCUT2D eigenvalue weighted by atomic mass is 9.80. The summed E-state index contributed by atoms with van der Waals surface area (Å²) < 4.78 is 19.7. The molecule has 0 radical (unpaired) electrons. The molecule has 5 aromatic rings. The van der Waals surface area contributed by atoms with Crippen LogP contribution in [-0.4, -0.2) is 11.1 Å². The molecule has 4 aromatic carbocycles. The van der Waals surface area contributed by atoms with E-state index in [2.05, 4.69) is 84.9 Å². The first-order valence-corrected chi connectivity index (χ1v) is 14.4. The normalized spacial score (nSPS) is 13.7. The standard InChI is InChI=1S/C37H35NO3/c1-5-15-29(16-6-1)27-39-36-26-38-33(25-35(36)41-34-23-13-14-24-34)28-40-37(30-17-7-2-8-18-30,31-19-9-3-10-20-31)32-21-11-4-12-22-32/h1-12,15-22,25-26,34H,13-14,23-24,27-28H2. The first-order chi connectivity index (χ1) is 20.3. The summed E-state index contributed by atoms with van der Waals surface area (Å²) in [5.74, 6) is 1.39. The van der Waals surface area contributed by atoms with Crippen molar-refractivity contribution in [1.29, 1.82) is 0 Å². The maximum Gasteiger partial charge on any atom is 0.179 e. The highest BCUT2D eigenvalue weighted by Crippen LogP contribution is 2.41.